The number of imidazole rings is 1. The number of rotatable bonds is 10. The maximum absolute atomic E-state index is 10.6. The van der Waals surface area contributed by atoms with E-state index in [1.165, 1.54) is 0 Å². The van der Waals surface area contributed by atoms with Crippen LogP contribution in [-0.4, -0.2) is 45.2 Å². The van der Waals surface area contributed by atoms with E-state index in [-0.39, 0.29) is 18.9 Å². The highest BCUT2D eigenvalue weighted by Crippen LogP contribution is 2.25. The van der Waals surface area contributed by atoms with Crippen LogP contribution in [0.2, 0.25) is 0 Å². The van der Waals surface area contributed by atoms with Gasteiger partial charge in [0.25, 0.3) is 0 Å². The van der Waals surface area contributed by atoms with Gasteiger partial charge in [-0.25, -0.2) is 4.98 Å². The molecule has 0 saturated carbocycles. The highest BCUT2D eigenvalue weighted by atomic mass is 16.7. The summed E-state index contributed by atoms with van der Waals surface area (Å²) < 4.78 is 19.5. The molecule has 4 aromatic rings. The van der Waals surface area contributed by atoms with Crippen LogP contribution in [0.1, 0.15) is 60.5 Å². The fourth-order valence-corrected chi connectivity index (χ4v) is 4.50. The first kappa shape index (κ1) is 27.3. The average molecular weight is 541 g/mol. The van der Waals surface area contributed by atoms with Crippen molar-refractivity contribution in [3.05, 3.63) is 95.2 Å². The number of carbonyl (C=O) groups is 1. The van der Waals surface area contributed by atoms with Crippen molar-refractivity contribution in [3.63, 3.8) is 0 Å². The van der Waals surface area contributed by atoms with E-state index in [1.54, 1.807) is 6.20 Å². The summed E-state index contributed by atoms with van der Waals surface area (Å²) in [7, 11) is 0. The molecule has 206 valence electrons. The number of nitrogens with zero attached hydrogens (tertiary/aromatic N) is 3. The van der Waals surface area contributed by atoms with Crippen molar-refractivity contribution in [2.75, 3.05) is 13.2 Å². The maximum Gasteiger partial charge on any atom is 0.317 e. The van der Waals surface area contributed by atoms with Crippen LogP contribution in [0.15, 0.2) is 71.5 Å². The Hall–Kier alpha value is -4.23. The fourth-order valence-electron chi connectivity index (χ4n) is 4.50. The molecular weight excluding hydrogens is 508 g/mol. The molecule has 9 nitrogen and oxygen atoms in total. The zero-order valence-electron chi connectivity index (χ0n) is 22.4. The standard InChI is InChI=1S/C31H32N4O5/c1-22(39-30-4-2-3-17-38-30)31-33-15-16-35(31)21-27-18-28(40-34-27)26-13-11-24(12-14-26)6-5-23-7-9-25(10-8-23)19-32-20-29(36)37/h7-16,18,22,30,32H,2-4,17,19-21H2,1H3,(H,36,37). The molecule has 1 aliphatic heterocycles. The van der Waals surface area contributed by atoms with Gasteiger partial charge in [-0.3, -0.25) is 4.79 Å². The van der Waals surface area contributed by atoms with Crippen LogP contribution >= 0.6 is 0 Å². The molecule has 0 amide bonds. The molecule has 3 heterocycles. The second-order valence-electron chi connectivity index (χ2n) is 9.69. The predicted molar refractivity (Wildman–Crippen MR) is 148 cm³/mol. The number of hydrogen-bond acceptors (Lipinski definition) is 7. The molecule has 2 N–H and O–H groups in total. The van der Waals surface area contributed by atoms with Gasteiger partial charge in [0, 0.05) is 48.3 Å². The third-order valence-electron chi connectivity index (χ3n) is 6.58. The summed E-state index contributed by atoms with van der Waals surface area (Å²) in [5, 5.41) is 15.8. The molecule has 0 bridgehead atoms. The number of benzene rings is 2. The summed E-state index contributed by atoms with van der Waals surface area (Å²) in [5.41, 5.74) is 4.48. The molecule has 1 fully saturated rings. The highest BCUT2D eigenvalue weighted by Gasteiger charge is 2.21. The number of ether oxygens (including phenoxy) is 2. The van der Waals surface area contributed by atoms with Crippen molar-refractivity contribution >= 4 is 5.97 Å². The SMILES string of the molecule is CC(OC1CCCCO1)c1nccn1Cc1cc(-c2ccc(C#Cc3ccc(CNCC(=O)O)cc3)cc2)on1. The fraction of sp³-hybridized carbons (Fsp3) is 0.323. The van der Waals surface area contributed by atoms with E-state index in [1.807, 2.05) is 72.3 Å². The van der Waals surface area contributed by atoms with E-state index in [2.05, 4.69) is 27.3 Å². The number of nitrogens with one attached hydrogen (secondary N) is 1. The zero-order valence-corrected chi connectivity index (χ0v) is 22.4. The molecule has 2 aromatic carbocycles. The third-order valence-corrected chi connectivity index (χ3v) is 6.58. The van der Waals surface area contributed by atoms with Crippen LogP contribution in [-0.2, 0) is 27.4 Å². The molecule has 2 aromatic heterocycles. The molecule has 9 heteroatoms. The maximum atomic E-state index is 10.6. The molecule has 0 aliphatic carbocycles. The van der Waals surface area contributed by atoms with Crippen molar-refractivity contribution in [1.29, 1.82) is 0 Å². The Morgan fingerprint density at radius 3 is 2.60 bits per heavy atom. The van der Waals surface area contributed by atoms with Gasteiger partial charge in [0.05, 0.1) is 13.1 Å². The van der Waals surface area contributed by atoms with Gasteiger partial charge >= 0.3 is 5.97 Å². The van der Waals surface area contributed by atoms with Crippen molar-refractivity contribution in [2.45, 2.75) is 51.7 Å². The van der Waals surface area contributed by atoms with Crippen molar-refractivity contribution < 1.29 is 23.9 Å². The topological polar surface area (TPSA) is 112 Å². The van der Waals surface area contributed by atoms with Crippen LogP contribution in [0.25, 0.3) is 11.3 Å². The molecule has 1 aliphatic rings. The Morgan fingerprint density at radius 2 is 1.90 bits per heavy atom. The Balaban J connectivity index is 1.17. The van der Waals surface area contributed by atoms with Gasteiger partial charge in [-0.2, -0.15) is 0 Å². The molecule has 5 rings (SSSR count). The van der Waals surface area contributed by atoms with E-state index in [9.17, 15) is 4.79 Å². The monoisotopic (exact) mass is 540 g/mol. The predicted octanol–water partition coefficient (Wildman–Crippen LogP) is 4.76. The van der Waals surface area contributed by atoms with Gasteiger partial charge in [0.1, 0.15) is 17.6 Å². The smallest absolute Gasteiger partial charge is 0.317 e. The van der Waals surface area contributed by atoms with E-state index < -0.39 is 5.97 Å². The van der Waals surface area contributed by atoms with Crippen LogP contribution in [0.4, 0.5) is 0 Å². The second-order valence-corrected chi connectivity index (χ2v) is 9.69. The van der Waals surface area contributed by atoms with Gasteiger partial charge in [0.2, 0.25) is 0 Å². The lowest BCUT2D eigenvalue weighted by molar-refractivity contribution is -0.188. The zero-order chi connectivity index (χ0) is 27.7. The van der Waals surface area contributed by atoms with Gasteiger partial charge in [-0.05, 0) is 68.1 Å². The third kappa shape index (κ3) is 7.45. The van der Waals surface area contributed by atoms with Gasteiger partial charge in [0.15, 0.2) is 12.1 Å². The molecule has 0 spiro atoms. The van der Waals surface area contributed by atoms with E-state index in [4.69, 9.17) is 19.1 Å². The number of hydrogen-bond donors (Lipinski definition) is 2. The number of carboxylic acids is 1. The summed E-state index contributed by atoms with van der Waals surface area (Å²) in [6.07, 6.45) is 6.42. The van der Waals surface area contributed by atoms with E-state index in [0.29, 0.717) is 18.8 Å². The molecule has 2 unspecified atom stereocenters. The van der Waals surface area contributed by atoms with Gasteiger partial charge in [-0.1, -0.05) is 29.1 Å². The van der Waals surface area contributed by atoms with E-state index >= 15 is 0 Å². The first-order valence-corrected chi connectivity index (χ1v) is 13.4. The van der Waals surface area contributed by atoms with Gasteiger partial charge in [-0.15, -0.1) is 0 Å². The number of carboxylic acid groups (broad SMARTS) is 1. The number of aliphatic carboxylic acids is 1. The lowest BCUT2D eigenvalue weighted by atomic mass is 10.1. The Labute approximate surface area is 233 Å². The minimum absolute atomic E-state index is 0.0658. The first-order chi connectivity index (χ1) is 19.5. The summed E-state index contributed by atoms with van der Waals surface area (Å²) >= 11 is 0. The van der Waals surface area contributed by atoms with Crippen LogP contribution < -0.4 is 5.32 Å². The largest absolute Gasteiger partial charge is 0.480 e. The Morgan fingerprint density at radius 1 is 1.15 bits per heavy atom. The van der Waals surface area contributed by atoms with Crippen LogP contribution in [0, 0.1) is 11.8 Å². The average Bonchev–Trinajstić information content (AvgIpc) is 3.63. The van der Waals surface area contributed by atoms with Crippen molar-refractivity contribution in [3.8, 4) is 23.2 Å². The van der Waals surface area contributed by atoms with Crippen molar-refractivity contribution in [2.24, 2.45) is 0 Å². The first-order valence-electron chi connectivity index (χ1n) is 13.4. The molecule has 40 heavy (non-hydrogen) atoms. The molecule has 0 radical (unpaired) electrons. The summed E-state index contributed by atoms with van der Waals surface area (Å²) in [6.45, 7) is 3.69. The molecule has 1 saturated heterocycles. The van der Waals surface area contributed by atoms with Crippen LogP contribution in [0.3, 0.4) is 0 Å². The number of aromatic nitrogens is 3. The molecular formula is C31H32N4O5. The van der Waals surface area contributed by atoms with Crippen molar-refractivity contribution in [1.82, 2.24) is 20.0 Å². The summed E-state index contributed by atoms with van der Waals surface area (Å²) in [4.78, 5) is 15.1. The Kier molecular flexibility index (Phi) is 9.04. The lowest BCUT2D eigenvalue weighted by Crippen LogP contribution is -2.24. The van der Waals surface area contributed by atoms with Crippen LogP contribution in [0.5, 0.6) is 0 Å². The Bertz CT molecular complexity index is 1460. The van der Waals surface area contributed by atoms with E-state index in [0.717, 1.165) is 59.6 Å². The summed E-state index contributed by atoms with van der Waals surface area (Å²) in [6, 6.07) is 17.5. The van der Waals surface area contributed by atoms with Gasteiger partial charge < -0.3 is 29.0 Å². The minimum atomic E-state index is -0.873. The normalized spacial score (nSPS) is 15.8. The molecule has 2 atom stereocenters. The lowest BCUT2D eigenvalue weighted by Gasteiger charge is -2.26. The second kappa shape index (κ2) is 13.2. The summed E-state index contributed by atoms with van der Waals surface area (Å²) in [5.74, 6) is 6.98. The highest BCUT2D eigenvalue weighted by molar-refractivity contribution is 5.69. The quantitative estimate of drug-likeness (QED) is 0.277. The minimum Gasteiger partial charge on any atom is -0.480 e.